The van der Waals surface area contributed by atoms with Crippen molar-refractivity contribution in [2.24, 2.45) is 18.9 Å². The SMILES string of the molecule is Cc1nn(C)c(CC(CBr)C2CCS(=O)(=O)C2)c1Br. The van der Waals surface area contributed by atoms with Crippen molar-refractivity contribution in [2.45, 2.75) is 19.8 Å². The second kappa shape index (κ2) is 5.85. The summed E-state index contributed by atoms with van der Waals surface area (Å²) in [5, 5.41) is 5.21. The van der Waals surface area contributed by atoms with Crippen LogP contribution in [0.25, 0.3) is 0 Å². The summed E-state index contributed by atoms with van der Waals surface area (Å²) in [7, 11) is -0.879. The minimum atomic E-state index is -2.81. The molecule has 0 aromatic carbocycles. The fourth-order valence-corrected chi connectivity index (χ4v) is 5.87. The second-order valence-corrected chi connectivity index (χ2v) is 8.92. The molecule has 2 unspecified atom stereocenters. The Morgan fingerprint density at radius 2 is 2.21 bits per heavy atom. The molecule has 1 aromatic rings. The Morgan fingerprint density at radius 1 is 1.53 bits per heavy atom. The molecular formula is C12H18Br2N2O2S. The lowest BCUT2D eigenvalue weighted by molar-refractivity contribution is 0.393. The molecule has 4 nitrogen and oxygen atoms in total. The molecule has 2 heterocycles. The summed E-state index contributed by atoms with van der Waals surface area (Å²) in [6, 6.07) is 0. The van der Waals surface area contributed by atoms with Gasteiger partial charge in [-0.2, -0.15) is 5.10 Å². The first-order valence-corrected chi connectivity index (χ1v) is 10.0. The fourth-order valence-electron chi connectivity index (χ4n) is 2.69. The van der Waals surface area contributed by atoms with Crippen molar-refractivity contribution in [2.75, 3.05) is 16.8 Å². The van der Waals surface area contributed by atoms with E-state index in [-0.39, 0.29) is 5.92 Å². The average Bonchev–Trinajstić information content (AvgIpc) is 2.79. The summed E-state index contributed by atoms with van der Waals surface area (Å²) in [5.74, 6) is 1.26. The number of rotatable bonds is 4. The summed E-state index contributed by atoms with van der Waals surface area (Å²) in [5.41, 5.74) is 2.12. The van der Waals surface area contributed by atoms with Crippen LogP contribution in [0.4, 0.5) is 0 Å². The molecule has 108 valence electrons. The van der Waals surface area contributed by atoms with Crippen LogP contribution in [-0.2, 0) is 23.3 Å². The molecule has 2 rings (SSSR count). The number of halogens is 2. The van der Waals surface area contributed by atoms with Gasteiger partial charge in [0.25, 0.3) is 0 Å². The Bertz CT molecular complexity index is 569. The van der Waals surface area contributed by atoms with Crippen molar-refractivity contribution in [3.8, 4) is 0 Å². The predicted octanol–water partition coefficient (Wildman–Crippen LogP) is 2.48. The molecule has 2 atom stereocenters. The molecule has 0 amide bonds. The van der Waals surface area contributed by atoms with Crippen LogP contribution in [0.2, 0.25) is 0 Å². The van der Waals surface area contributed by atoms with Gasteiger partial charge in [0, 0.05) is 12.4 Å². The van der Waals surface area contributed by atoms with Crippen molar-refractivity contribution < 1.29 is 8.42 Å². The molecule has 0 spiro atoms. The summed E-state index contributed by atoms with van der Waals surface area (Å²) in [6.45, 7) is 1.97. The first-order chi connectivity index (χ1) is 8.84. The molecule has 1 aliphatic heterocycles. The highest BCUT2D eigenvalue weighted by Crippen LogP contribution is 2.32. The van der Waals surface area contributed by atoms with Crippen LogP contribution in [0, 0.1) is 18.8 Å². The van der Waals surface area contributed by atoms with Gasteiger partial charge in [0.05, 0.1) is 27.4 Å². The highest BCUT2D eigenvalue weighted by molar-refractivity contribution is 9.10. The molecule has 7 heteroatoms. The van der Waals surface area contributed by atoms with Gasteiger partial charge >= 0.3 is 0 Å². The molecule has 0 radical (unpaired) electrons. The normalized spacial score (nSPS) is 23.7. The van der Waals surface area contributed by atoms with Gasteiger partial charge in [-0.25, -0.2) is 8.42 Å². The summed E-state index contributed by atoms with van der Waals surface area (Å²) >= 11 is 7.11. The minimum absolute atomic E-state index is 0.256. The third kappa shape index (κ3) is 3.42. The lowest BCUT2D eigenvalue weighted by Crippen LogP contribution is -2.21. The molecule has 1 aromatic heterocycles. The Balaban J connectivity index is 2.16. The Hall–Kier alpha value is 0.120. The summed E-state index contributed by atoms with van der Waals surface area (Å²) < 4.78 is 26.2. The van der Waals surface area contributed by atoms with Gasteiger partial charge in [0.15, 0.2) is 9.84 Å². The average molecular weight is 414 g/mol. The van der Waals surface area contributed by atoms with Gasteiger partial charge in [-0.1, -0.05) is 15.9 Å². The van der Waals surface area contributed by atoms with Gasteiger partial charge < -0.3 is 0 Å². The predicted molar refractivity (Wildman–Crippen MR) is 83.4 cm³/mol. The smallest absolute Gasteiger partial charge is 0.150 e. The molecule has 19 heavy (non-hydrogen) atoms. The van der Waals surface area contributed by atoms with E-state index in [0.29, 0.717) is 17.4 Å². The van der Waals surface area contributed by atoms with Crippen LogP contribution in [-0.4, -0.2) is 35.0 Å². The van der Waals surface area contributed by atoms with Gasteiger partial charge in [0.2, 0.25) is 0 Å². The first kappa shape index (κ1) is 15.5. The van der Waals surface area contributed by atoms with Crippen LogP contribution in [0.5, 0.6) is 0 Å². The lowest BCUT2D eigenvalue weighted by Gasteiger charge is -2.20. The zero-order chi connectivity index (χ0) is 14.2. The van der Waals surface area contributed by atoms with Crippen LogP contribution in [0.15, 0.2) is 4.47 Å². The number of hydrogen-bond acceptors (Lipinski definition) is 3. The number of nitrogens with zero attached hydrogens (tertiary/aromatic N) is 2. The van der Waals surface area contributed by atoms with Crippen LogP contribution in [0.1, 0.15) is 17.8 Å². The third-order valence-corrected chi connectivity index (χ3v) is 7.51. The molecule has 0 aliphatic carbocycles. The molecular weight excluding hydrogens is 396 g/mol. The maximum Gasteiger partial charge on any atom is 0.150 e. The number of alkyl halides is 1. The van der Waals surface area contributed by atoms with Crippen molar-refractivity contribution in [1.29, 1.82) is 0 Å². The van der Waals surface area contributed by atoms with Crippen molar-refractivity contribution in [3.05, 3.63) is 15.9 Å². The van der Waals surface area contributed by atoms with Crippen LogP contribution in [0.3, 0.4) is 0 Å². The largest absolute Gasteiger partial charge is 0.271 e. The van der Waals surface area contributed by atoms with E-state index in [1.165, 1.54) is 0 Å². The first-order valence-electron chi connectivity index (χ1n) is 6.28. The Labute approximate surface area is 131 Å². The molecule has 0 bridgehead atoms. The Morgan fingerprint density at radius 3 is 2.63 bits per heavy atom. The van der Waals surface area contributed by atoms with Crippen LogP contribution < -0.4 is 0 Å². The van der Waals surface area contributed by atoms with Crippen molar-refractivity contribution in [1.82, 2.24) is 9.78 Å². The van der Waals surface area contributed by atoms with Crippen molar-refractivity contribution >= 4 is 41.7 Å². The number of aromatic nitrogens is 2. The van der Waals surface area contributed by atoms with E-state index in [9.17, 15) is 8.42 Å². The second-order valence-electron chi connectivity index (χ2n) is 5.25. The highest BCUT2D eigenvalue weighted by atomic mass is 79.9. The van der Waals surface area contributed by atoms with E-state index in [4.69, 9.17) is 0 Å². The summed E-state index contributed by atoms with van der Waals surface area (Å²) in [4.78, 5) is 0. The molecule has 1 aliphatic rings. The van der Waals surface area contributed by atoms with Gasteiger partial charge in [-0.15, -0.1) is 0 Å². The number of hydrogen-bond donors (Lipinski definition) is 0. The standard InChI is InChI=1S/C12H18Br2N2O2S/c1-8-12(14)11(16(2)15-8)5-10(6-13)9-3-4-19(17,18)7-9/h9-10H,3-7H2,1-2H3. The molecule has 0 N–H and O–H groups in total. The van der Waals surface area contributed by atoms with Gasteiger partial charge in [0.1, 0.15) is 0 Å². The maximum absolute atomic E-state index is 11.6. The van der Waals surface area contributed by atoms with E-state index in [0.717, 1.165) is 34.0 Å². The zero-order valence-corrected chi connectivity index (χ0v) is 15.1. The number of sulfone groups is 1. The lowest BCUT2D eigenvalue weighted by atomic mass is 9.89. The Kier molecular flexibility index (Phi) is 4.78. The fraction of sp³-hybridized carbons (Fsp3) is 0.750. The van der Waals surface area contributed by atoms with E-state index in [2.05, 4.69) is 37.0 Å². The maximum atomic E-state index is 11.6. The van der Waals surface area contributed by atoms with Crippen molar-refractivity contribution in [3.63, 3.8) is 0 Å². The molecule has 1 fully saturated rings. The van der Waals surface area contributed by atoms with E-state index in [1.54, 1.807) is 0 Å². The monoisotopic (exact) mass is 412 g/mol. The third-order valence-electron chi connectivity index (χ3n) is 3.85. The minimum Gasteiger partial charge on any atom is -0.271 e. The number of aryl methyl sites for hydroxylation is 2. The highest BCUT2D eigenvalue weighted by Gasteiger charge is 2.34. The summed E-state index contributed by atoms with van der Waals surface area (Å²) in [6.07, 6.45) is 1.64. The quantitative estimate of drug-likeness (QED) is 0.712. The molecule has 1 saturated heterocycles. The van der Waals surface area contributed by atoms with E-state index in [1.807, 2.05) is 18.7 Å². The topological polar surface area (TPSA) is 52.0 Å². The zero-order valence-electron chi connectivity index (χ0n) is 11.1. The van der Waals surface area contributed by atoms with Gasteiger partial charge in [-0.3, -0.25) is 4.68 Å². The van der Waals surface area contributed by atoms with Gasteiger partial charge in [-0.05, 0) is 47.5 Å². The molecule has 0 saturated carbocycles. The van der Waals surface area contributed by atoms with Crippen LogP contribution >= 0.6 is 31.9 Å². The van der Waals surface area contributed by atoms with E-state index < -0.39 is 9.84 Å². The van der Waals surface area contributed by atoms with E-state index >= 15 is 0 Å².